The highest BCUT2D eigenvalue weighted by Gasteiger charge is 2.16. The van der Waals surface area contributed by atoms with E-state index in [9.17, 15) is 0 Å². The van der Waals surface area contributed by atoms with Gasteiger partial charge in [0.1, 0.15) is 17.2 Å². The van der Waals surface area contributed by atoms with Gasteiger partial charge in [0.05, 0.1) is 5.56 Å². The van der Waals surface area contributed by atoms with Crippen LogP contribution >= 0.6 is 0 Å². The molecule has 0 saturated carbocycles. The molecule has 0 radical (unpaired) electrons. The number of benzene rings is 1. The van der Waals surface area contributed by atoms with Crippen molar-refractivity contribution < 1.29 is 9.26 Å². The second-order valence-electron chi connectivity index (χ2n) is 7.23. The number of ether oxygens (including phenoxy) is 1. The molecule has 136 valence electrons. The van der Waals surface area contributed by atoms with E-state index in [-0.39, 0.29) is 5.60 Å². The van der Waals surface area contributed by atoms with Crippen LogP contribution in [0.5, 0.6) is 5.75 Å². The van der Waals surface area contributed by atoms with Gasteiger partial charge in [-0.3, -0.25) is 0 Å². The normalized spacial score (nSPS) is 11.4. The molecule has 6 heteroatoms. The predicted molar refractivity (Wildman–Crippen MR) is 101 cm³/mol. The SMILES string of the molecule is Cc1ccc(CNc2ncccc2-c2nc(C)no2)c(OC(C)(C)C)c1. The molecule has 0 fully saturated rings. The zero-order valence-electron chi connectivity index (χ0n) is 15.8. The molecule has 0 amide bonds. The molecule has 0 aliphatic heterocycles. The first-order valence-electron chi connectivity index (χ1n) is 8.60. The van der Waals surface area contributed by atoms with E-state index in [4.69, 9.17) is 9.26 Å². The van der Waals surface area contributed by atoms with Gasteiger partial charge in [-0.05, 0) is 58.4 Å². The largest absolute Gasteiger partial charge is 0.488 e. The van der Waals surface area contributed by atoms with E-state index in [1.807, 2.05) is 32.9 Å². The maximum absolute atomic E-state index is 6.12. The molecule has 0 unspecified atom stereocenters. The summed E-state index contributed by atoms with van der Waals surface area (Å²) in [4.78, 5) is 8.71. The maximum atomic E-state index is 6.12. The Bertz CT molecular complexity index is 897. The van der Waals surface area contributed by atoms with Crippen LogP contribution in [0.15, 0.2) is 41.1 Å². The average Bonchev–Trinajstić information content (AvgIpc) is 2.99. The summed E-state index contributed by atoms with van der Waals surface area (Å²) in [5, 5.41) is 7.22. The lowest BCUT2D eigenvalue weighted by Crippen LogP contribution is -2.24. The van der Waals surface area contributed by atoms with E-state index in [0.29, 0.717) is 24.1 Å². The summed E-state index contributed by atoms with van der Waals surface area (Å²) in [6, 6.07) is 9.96. The summed E-state index contributed by atoms with van der Waals surface area (Å²) in [6.07, 6.45) is 1.73. The van der Waals surface area contributed by atoms with Gasteiger partial charge in [0.2, 0.25) is 0 Å². The van der Waals surface area contributed by atoms with Crippen LogP contribution in [0.2, 0.25) is 0 Å². The Morgan fingerprint density at radius 3 is 2.65 bits per heavy atom. The third-order valence-electron chi connectivity index (χ3n) is 3.65. The fourth-order valence-corrected chi connectivity index (χ4v) is 2.54. The highest BCUT2D eigenvalue weighted by Crippen LogP contribution is 2.28. The highest BCUT2D eigenvalue weighted by atomic mass is 16.5. The molecule has 26 heavy (non-hydrogen) atoms. The second-order valence-corrected chi connectivity index (χ2v) is 7.23. The van der Waals surface area contributed by atoms with Crippen LogP contribution in [0.4, 0.5) is 5.82 Å². The van der Waals surface area contributed by atoms with E-state index in [0.717, 1.165) is 22.4 Å². The predicted octanol–water partition coefficient (Wildman–Crippen LogP) is 4.54. The summed E-state index contributed by atoms with van der Waals surface area (Å²) in [6.45, 7) is 10.5. The first-order chi connectivity index (χ1) is 12.3. The van der Waals surface area contributed by atoms with E-state index >= 15 is 0 Å². The molecule has 3 rings (SSSR count). The Morgan fingerprint density at radius 1 is 1.15 bits per heavy atom. The van der Waals surface area contributed by atoms with Gasteiger partial charge in [0.25, 0.3) is 5.89 Å². The van der Waals surface area contributed by atoms with E-state index in [2.05, 4.69) is 45.6 Å². The van der Waals surface area contributed by atoms with E-state index in [1.54, 1.807) is 13.1 Å². The molecule has 0 atom stereocenters. The first kappa shape index (κ1) is 17.9. The van der Waals surface area contributed by atoms with Crippen molar-refractivity contribution in [1.29, 1.82) is 0 Å². The molecule has 2 heterocycles. The molecule has 6 nitrogen and oxygen atoms in total. The average molecular weight is 352 g/mol. The van der Waals surface area contributed by atoms with E-state index < -0.39 is 0 Å². The zero-order chi connectivity index (χ0) is 18.7. The molecule has 1 aromatic carbocycles. The monoisotopic (exact) mass is 352 g/mol. The Balaban J connectivity index is 1.84. The number of rotatable bonds is 5. The summed E-state index contributed by atoms with van der Waals surface area (Å²) in [5.74, 6) is 2.61. The molecule has 0 aliphatic rings. The van der Waals surface area contributed by atoms with Gasteiger partial charge < -0.3 is 14.6 Å². The number of hydrogen-bond donors (Lipinski definition) is 1. The van der Waals surface area contributed by atoms with Crippen LogP contribution in [0.25, 0.3) is 11.5 Å². The van der Waals surface area contributed by atoms with Gasteiger partial charge in [-0.1, -0.05) is 17.3 Å². The number of nitrogens with zero attached hydrogens (tertiary/aromatic N) is 3. The first-order valence-corrected chi connectivity index (χ1v) is 8.60. The fraction of sp³-hybridized carbons (Fsp3) is 0.350. The van der Waals surface area contributed by atoms with Gasteiger partial charge in [0, 0.05) is 18.3 Å². The van der Waals surface area contributed by atoms with Crippen LogP contribution in [0.3, 0.4) is 0 Å². The molecular formula is C20H24N4O2. The number of hydrogen-bond acceptors (Lipinski definition) is 6. The Hall–Kier alpha value is -2.89. The summed E-state index contributed by atoms with van der Waals surface area (Å²) >= 11 is 0. The lowest BCUT2D eigenvalue weighted by molar-refractivity contribution is 0.129. The van der Waals surface area contributed by atoms with Gasteiger partial charge in [0.15, 0.2) is 5.82 Å². The summed E-state index contributed by atoms with van der Waals surface area (Å²) < 4.78 is 11.4. The lowest BCUT2D eigenvalue weighted by atomic mass is 10.1. The van der Waals surface area contributed by atoms with Crippen molar-refractivity contribution in [2.45, 2.75) is 46.8 Å². The minimum absolute atomic E-state index is 0.264. The third-order valence-corrected chi connectivity index (χ3v) is 3.65. The van der Waals surface area contributed by atoms with Gasteiger partial charge in [-0.15, -0.1) is 0 Å². The van der Waals surface area contributed by atoms with Crippen molar-refractivity contribution in [1.82, 2.24) is 15.1 Å². The molecule has 2 aromatic heterocycles. The van der Waals surface area contributed by atoms with Crippen LogP contribution in [0, 0.1) is 13.8 Å². The van der Waals surface area contributed by atoms with Crippen LogP contribution in [0.1, 0.15) is 37.7 Å². The Morgan fingerprint density at radius 2 is 1.96 bits per heavy atom. The van der Waals surface area contributed by atoms with Crippen molar-refractivity contribution in [2.75, 3.05) is 5.32 Å². The van der Waals surface area contributed by atoms with Crippen LogP contribution in [-0.4, -0.2) is 20.7 Å². The number of anilines is 1. The summed E-state index contributed by atoms with van der Waals surface area (Å²) in [7, 11) is 0. The minimum atomic E-state index is -0.264. The molecular weight excluding hydrogens is 328 g/mol. The molecule has 0 saturated heterocycles. The maximum Gasteiger partial charge on any atom is 0.261 e. The zero-order valence-corrected chi connectivity index (χ0v) is 15.8. The minimum Gasteiger partial charge on any atom is -0.488 e. The van der Waals surface area contributed by atoms with Crippen molar-refractivity contribution >= 4 is 5.82 Å². The molecule has 0 bridgehead atoms. The summed E-state index contributed by atoms with van der Waals surface area (Å²) in [5.41, 5.74) is 2.73. The van der Waals surface area contributed by atoms with Crippen molar-refractivity contribution in [3.05, 3.63) is 53.5 Å². The number of pyridine rings is 1. The number of aryl methyl sites for hydroxylation is 2. The van der Waals surface area contributed by atoms with Gasteiger partial charge in [-0.25, -0.2) is 4.98 Å². The second kappa shape index (κ2) is 7.15. The fourth-order valence-electron chi connectivity index (χ4n) is 2.54. The van der Waals surface area contributed by atoms with Crippen molar-refractivity contribution in [3.8, 4) is 17.2 Å². The molecule has 1 N–H and O–H groups in total. The van der Waals surface area contributed by atoms with Gasteiger partial charge >= 0.3 is 0 Å². The Kier molecular flexibility index (Phi) is 4.93. The Labute approximate surface area is 153 Å². The smallest absolute Gasteiger partial charge is 0.261 e. The quantitative estimate of drug-likeness (QED) is 0.727. The van der Waals surface area contributed by atoms with E-state index in [1.165, 1.54) is 0 Å². The van der Waals surface area contributed by atoms with Crippen LogP contribution in [-0.2, 0) is 6.54 Å². The topological polar surface area (TPSA) is 73.1 Å². The molecule has 0 spiro atoms. The number of aromatic nitrogens is 3. The standard InChI is InChI=1S/C20H24N4O2/c1-13-8-9-15(17(11-13)25-20(3,4)5)12-22-18-16(7-6-10-21-18)19-23-14(2)24-26-19/h6-11H,12H2,1-5H3,(H,21,22). The molecule has 0 aliphatic carbocycles. The highest BCUT2D eigenvalue weighted by molar-refractivity contribution is 5.68. The van der Waals surface area contributed by atoms with Crippen molar-refractivity contribution in [3.63, 3.8) is 0 Å². The van der Waals surface area contributed by atoms with Crippen molar-refractivity contribution in [2.24, 2.45) is 0 Å². The number of nitrogens with one attached hydrogen (secondary N) is 1. The lowest BCUT2D eigenvalue weighted by Gasteiger charge is -2.24. The molecule has 3 aromatic rings. The third kappa shape index (κ3) is 4.39. The van der Waals surface area contributed by atoms with Gasteiger partial charge in [-0.2, -0.15) is 4.98 Å². The van der Waals surface area contributed by atoms with Crippen LogP contribution < -0.4 is 10.1 Å².